The van der Waals surface area contributed by atoms with Crippen LogP contribution in [0.3, 0.4) is 0 Å². The van der Waals surface area contributed by atoms with Gasteiger partial charge in [-0.25, -0.2) is 4.98 Å². The number of hydrogen-bond donors (Lipinski definition) is 1. The van der Waals surface area contributed by atoms with Gasteiger partial charge in [0.25, 0.3) is 0 Å². The molecule has 1 aromatic heterocycles. The summed E-state index contributed by atoms with van der Waals surface area (Å²) in [6.07, 6.45) is 5.15. The highest BCUT2D eigenvalue weighted by molar-refractivity contribution is 5.35. The minimum Gasteiger partial charge on any atom is -0.478 e. The van der Waals surface area contributed by atoms with Gasteiger partial charge >= 0.3 is 0 Å². The molecule has 0 atom stereocenters. The van der Waals surface area contributed by atoms with Crippen LogP contribution in [0.5, 0.6) is 5.88 Å². The molecule has 0 spiro atoms. The molecule has 1 fully saturated rings. The van der Waals surface area contributed by atoms with Crippen molar-refractivity contribution in [2.45, 2.75) is 32.2 Å². The van der Waals surface area contributed by atoms with Crippen LogP contribution in [0.1, 0.15) is 26.2 Å². The molecule has 0 amide bonds. The van der Waals surface area contributed by atoms with Gasteiger partial charge in [-0.2, -0.15) is 4.98 Å². The minimum atomic E-state index is 0.569. The number of nitrogens with two attached hydrogens (primary N) is 1. The standard InChI is InChI=1S/C12H20N4O/c1-2-9-17-11-5-7-14-12(15-11)16(8-6-13)10-3-4-10/h5,7,10H,2-4,6,8-9,13H2,1H3. The Morgan fingerprint density at radius 3 is 3.00 bits per heavy atom. The van der Waals surface area contributed by atoms with Gasteiger partial charge in [0, 0.05) is 31.4 Å². The number of nitrogens with zero attached hydrogens (tertiary/aromatic N) is 3. The predicted molar refractivity (Wildman–Crippen MR) is 67.2 cm³/mol. The highest BCUT2D eigenvalue weighted by atomic mass is 16.5. The zero-order valence-electron chi connectivity index (χ0n) is 10.3. The average Bonchev–Trinajstić information content (AvgIpc) is 3.18. The molecule has 2 rings (SSSR count). The zero-order valence-corrected chi connectivity index (χ0v) is 10.3. The van der Waals surface area contributed by atoms with Crippen LogP contribution in [0, 0.1) is 0 Å². The van der Waals surface area contributed by atoms with Gasteiger partial charge in [-0.05, 0) is 19.3 Å². The quantitative estimate of drug-likeness (QED) is 0.770. The van der Waals surface area contributed by atoms with Crippen molar-refractivity contribution in [3.05, 3.63) is 12.3 Å². The first-order valence-corrected chi connectivity index (χ1v) is 6.27. The first kappa shape index (κ1) is 12.1. The van der Waals surface area contributed by atoms with Crippen molar-refractivity contribution in [2.75, 3.05) is 24.6 Å². The van der Waals surface area contributed by atoms with E-state index in [-0.39, 0.29) is 0 Å². The van der Waals surface area contributed by atoms with Crippen LogP contribution in [-0.2, 0) is 0 Å². The summed E-state index contributed by atoms with van der Waals surface area (Å²) in [4.78, 5) is 10.9. The van der Waals surface area contributed by atoms with Crippen LogP contribution in [0.15, 0.2) is 12.3 Å². The molecular weight excluding hydrogens is 216 g/mol. The summed E-state index contributed by atoms with van der Waals surface area (Å²) < 4.78 is 5.52. The number of aromatic nitrogens is 2. The SMILES string of the molecule is CCCOc1ccnc(N(CCN)C2CC2)n1. The molecule has 17 heavy (non-hydrogen) atoms. The van der Waals surface area contributed by atoms with E-state index in [9.17, 15) is 0 Å². The number of ether oxygens (including phenoxy) is 1. The second kappa shape index (κ2) is 5.82. The molecule has 0 aliphatic heterocycles. The van der Waals surface area contributed by atoms with Crippen LogP contribution in [0.4, 0.5) is 5.95 Å². The topological polar surface area (TPSA) is 64.3 Å². The smallest absolute Gasteiger partial charge is 0.228 e. The summed E-state index contributed by atoms with van der Waals surface area (Å²) in [6.45, 7) is 4.20. The van der Waals surface area contributed by atoms with Crippen molar-refractivity contribution in [1.29, 1.82) is 0 Å². The van der Waals surface area contributed by atoms with E-state index in [4.69, 9.17) is 10.5 Å². The summed E-state index contributed by atoms with van der Waals surface area (Å²) >= 11 is 0. The van der Waals surface area contributed by atoms with Gasteiger partial charge in [0.2, 0.25) is 11.8 Å². The van der Waals surface area contributed by atoms with Crippen LogP contribution in [0.2, 0.25) is 0 Å². The normalized spacial score (nSPS) is 14.7. The Balaban J connectivity index is 2.07. The predicted octanol–water partition coefficient (Wildman–Crippen LogP) is 1.19. The van der Waals surface area contributed by atoms with Crippen molar-refractivity contribution < 1.29 is 4.74 Å². The molecule has 2 N–H and O–H groups in total. The van der Waals surface area contributed by atoms with Gasteiger partial charge in [-0.1, -0.05) is 6.92 Å². The van der Waals surface area contributed by atoms with Crippen LogP contribution in [-0.4, -0.2) is 35.7 Å². The number of anilines is 1. The van der Waals surface area contributed by atoms with E-state index in [0.717, 1.165) is 18.9 Å². The van der Waals surface area contributed by atoms with Crippen LogP contribution >= 0.6 is 0 Å². The third-order valence-corrected chi connectivity index (χ3v) is 2.69. The number of rotatable bonds is 7. The molecule has 1 saturated carbocycles. The monoisotopic (exact) mass is 236 g/mol. The maximum Gasteiger partial charge on any atom is 0.228 e. The minimum absolute atomic E-state index is 0.569. The molecule has 1 aliphatic carbocycles. The summed E-state index contributed by atoms with van der Waals surface area (Å²) in [7, 11) is 0. The van der Waals surface area contributed by atoms with Gasteiger partial charge < -0.3 is 15.4 Å². The van der Waals surface area contributed by atoms with E-state index in [1.54, 1.807) is 12.3 Å². The molecule has 5 heteroatoms. The zero-order chi connectivity index (χ0) is 12.1. The fraction of sp³-hybridized carbons (Fsp3) is 0.667. The van der Waals surface area contributed by atoms with E-state index in [1.807, 2.05) is 0 Å². The lowest BCUT2D eigenvalue weighted by Crippen LogP contribution is -2.32. The molecule has 0 saturated heterocycles. The van der Waals surface area contributed by atoms with Gasteiger partial charge in [0.1, 0.15) is 0 Å². The number of hydrogen-bond acceptors (Lipinski definition) is 5. The van der Waals surface area contributed by atoms with E-state index in [0.29, 0.717) is 25.1 Å². The Bertz CT molecular complexity index is 354. The fourth-order valence-corrected chi connectivity index (χ4v) is 1.73. The van der Waals surface area contributed by atoms with Crippen LogP contribution < -0.4 is 15.4 Å². The fourth-order valence-electron chi connectivity index (χ4n) is 1.73. The second-order valence-corrected chi connectivity index (χ2v) is 4.26. The lowest BCUT2D eigenvalue weighted by molar-refractivity contribution is 0.304. The van der Waals surface area contributed by atoms with Crippen LogP contribution in [0.25, 0.3) is 0 Å². The highest BCUT2D eigenvalue weighted by Crippen LogP contribution is 2.29. The molecular formula is C12H20N4O. The first-order valence-electron chi connectivity index (χ1n) is 6.27. The lowest BCUT2D eigenvalue weighted by atomic mass is 10.4. The van der Waals surface area contributed by atoms with Crippen molar-refractivity contribution in [1.82, 2.24) is 9.97 Å². The first-order chi connectivity index (χ1) is 8.35. The van der Waals surface area contributed by atoms with Crippen molar-refractivity contribution in [2.24, 2.45) is 5.73 Å². The lowest BCUT2D eigenvalue weighted by Gasteiger charge is -2.21. The van der Waals surface area contributed by atoms with E-state index < -0.39 is 0 Å². The Kier molecular flexibility index (Phi) is 4.14. The Morgan fingerprint density at radius 1 is 1.53 bits per heavy atom. The highest BCUT2D eigenvalue weighted by Gasteiger charge is 2.30. The maximum absolute atomic E-state index is 5.62. The molecule has 5 nitrogen and oxygen atoms in total. The average molecular weight is 236 g/mol. The van der Waals surface area contributed by atoms with Gasteiger partial charge in [-0.3, -0.25) is 0 Å². The third kappa shape index (κ3) is 3.30. The summed E-state index contributed by atoms with van der Waals surface area (Å²) in [5.41, 5.74) is 5.62. The Labute approximate surface area is 102 Å². The Hall–Kier alpha value is -1.36. The summed E-state index contributed by atoms with van der Waals surface area (Å²) in [6, 6.07) is 2.37. The van der Waals surface area contributed by atoms with Crippen molar-refractivity contribution in [3.8, 4) is 5.88 Å². The molecule has 0 radical (unpaired) electrons. The van der Waals surface area contributed by atoms with E-state index >= 15 is 0 Å². The molecule has 94 valence electrons. The largest absolute Gasteiger partial charge is 0.478 e. The third-order valence-electron chi connectivity index (χ3n) is 2.69. The van der Waals surface area contributed by atoms with Gasteiger partial charge in [-0.15, -0.1) is 0 Å². The molecule has 0 unspecified atom stereocenters. The van der Waals surface area contributed by atoms with Gasteiger partial charge in [0.05, 0.1) is 6.61 Å². The summed E-state index contributed by atoms with van der Waals surface area (Å²) in [5, 5.41) is 0. The van der Waals surface area contributed by atoms with E-state index in [1.165, 1.54) is 12.8 Å². The van der Waals surface area contributed by atoms with E-state index in [2.05, 4.69) is 21.8 Å². The molecule has 1 aliphatic rings. The molecule has 0 bridgehead atoms. The Morgan fingerprint density at radius 2 is 2.35 bits per heavy atom. The van der Waals surface area contributed by atoms with Gasteiger partial charge in [0.15, 0.2) is 0 Å². The second-order valence-electron chi connectivity index (χ2n) is 4.26. The summed E-state index contributed by atoms with van der Waals surface area (Å²) in [5.74, 6) is 1.39. The van der Waals surface area contributed by atoms with Crippen molar-refractivity contribution >= 4 is 5.95 Å². The molecule has 1 aromatic rings. The molecule has 1 heterocycles. The molecule has 0 aromatic carbocycles. The maximum atomic E-state index is 5.62. The van der Waals surface area contributed by atoms with Crippen molar-refractivity contribution in [3.63, 3.8) is 0 Å².